The van der Waals surface area contributed by atoms with Crippen molar-refractivity contribution in [3.63, 3.8) is 0 Å². The van der Waals surface area contributed by atoms with E-state index in [9.17, 15) is 37.6 Å². The second-order valence-corrected chi connectivity index (χ2v) is 8.74. The van der Waals surface area contributed by atoms with Gasteiger partial charge in [-0.25, -0.2) is 0 Å². The third-order valence-electron chi connectivity index (χ3n) is 4.55. The number of nitro groups is 1. The number of alkyl halides is 3. The third-order valence-corrected chi connectivity index (χ3v) is 6.63. The van der Waals surface area contributed by atoms with Gasteiger partial charge in [-0.05, 0) is 37.1 Å². The van der Waals surface area contributed by atoms with Gasteiger partial charge in [-0.2, -0.15) is 13.2 Å². The van der Waals surface area contributed by atoms with E-state index in [2.05, 4.69) is 0 Å². The third kappa shape index (κ3) is 5.48. The number of nitro benzene ring substituents is 1. The Kier molecular flexibility index (Phi) is 7.27. The second kappa shape index (κ2) is 9.04. The normalized spacial score (nSPS) is 12.5. The van der Waals surface area contributed by atoms with Crippen LogP contribution in [0.15, 0.2) is 36.4 Å². The van der Waals surface area contributed by atoms with Crippen LogP contribution in [0.3, 0.4) is 0 Å². The SMILES string of the molecule is CCC(CC)(Oc1cc(Oc2ccc(C(F)(F)F)cc2Cl)ccc1[N+](=O)[O-])P(=O)(O)O. The van der Waals surface area contributed by atoms with Crippen LogP contribution in [0.1, 0.15) is 32.3 Å². The Labute approximate surface area is 179 Å². The Bertz CT molecular complexity index is 1020. The van der Waals surface area contributed by atoms with Gasteiger partial charge in [0, 0.05) is 12.1 Å². The Morgan fingerprint density at radius 1 is 1.10 bits per heavy atom. The Balaban J connectivity index is 2.47. The van der Waals surface area contributed by atoms with Crippen molar-refractivity contribution in [2.24, 2.45) is 0 Å². The highest BCUT2D eigenvalue weighted by atomic mass is 35.5. The van der Waals surface area contributed by atoms with Gasteiger partial charge in [-0.15, -0.1) is 0 Å². The molecule has 0 fully saturated rings. The fourth-order valence-electron chi connectivity index (χ4n) is 2.75. The van der Waals surface area contributed by atoms with E-state index < -0.39 is 41.0 Å². The number of benzene rings is 2. The predicted octanol–water partition coefficient (Wildman–Crippen LogP) is 6.13. The van der Waals surface area contributed by atoms with Gasteiger partial charge in [0.25, 0.3) is 0 Å². The molecule has 2 rings (SSSR count). The van der Waals surface area contributed by atoms with Gasteiger partial charge in [0.15, 0.2) is 0 Å². The molecule has 170 valence electrons. The lowest BCUT2D eigenvalue weighted by atomic mass is 10.2. The monoisotopic (exact) mass is 483 g/mol. The van der Waals surface area contributed by atoms with Crippen molar-refractivity contribution < 1.29 is 41.9 Å². The largest absolute Gasteiger partial charge is 0.467 e. The van der Waals surface area contributed by atoms with Crippen molar-refractivity contribution in [1.29, 1.82) is 0 Å². The van der Waals surface area contributed by atoms with Crippen molar-refractivity contribution >= 4 is 24.9 Å². The van der Waals surface area contributed by atoms with E-state index in [1.54, 1.807) is 0 Å². The molecule has 0 amide bonds. The van der Waals surface area contributed by atoms with Crippen LogP contribution in [0.4, 0.5) is 18.9 Å². The predicted molar refractivity (Wildman–Crippen MR) is 106 cm³/mol. The van der Waals surface area contributed by atoms with Gasteiger partial charge < -0.3 is 19.3 Å². The summed E-state index contributed by atoms with van der Waals surface area (Å²) in [6.07, 6.45) is -4.91. The molecule has 2 aromatic carbocycles. The molecule has 0 atom stereocenters. The zero-order valence-electron chi connectivity index (χ0n) is 16.2. The summed E-state index contributed by atoms with van der Waals surface area (Å²) in [4.78, 5) is 30.0. The number of hydrogen-bond acceptors (Lipinski definition) is 5. The van der Waals surface area contributed by atoms with E-state index in [0.717, 1.165) is 30.3 Å². The summed E-state index contributed by atoms with van der Waals surface area (Å²) in [5.74, 6) is -0.742. The van der Waals surface area contributed by atoms with Crippen LogP contribution in [0.25, 0.3) is 0 Å². The average molecular weight is 484 g/mol. The zero-order chi connectivity index (χ0) is 23.6. The molecule has 2 N–H and O–H groups in total. The topological polar surface area (TPSA) is 119 Å². The molecule has 0 spiro atoms. The van der Waals surface area contributed by atoms with E-state index >= 15 is 0 Å². The van der Waals surface area contributed by atoms with Crippen LogP contribution in [0.5, 0.6) is 17.2 Å². The second-order valence-electron chi connectivity index (χ2n) is 6.43. The summed E-state index contributed by atoms with van der Waals surface area (Å²) in [5.41, 5.74) is -1.57. The summed E-state index contributed by atoms with van der Waals surface area (Å²) in [6.45, 7) is 2.91. The van der Waals surface area contributed by atoms with Crippen molar-refractivity contribution in [2.45, 2.75) is 38.2 Å². The molecule has 0 saturated heterocycles. The number of rotatable bonds is 8. The van der Waals surface area contributed by atoms with Gasteiger partial charge in [-0.1, -0.05) is 25.4 Å². The molecule has 0 aliphatic heterocycles. The first-order valence-corrected chi connectivity index (χ1v) is 10.8. The van der Waals surface area contributed by atoms with Gasteiger partial charge in [0.2, 0.25) is 11.1 Å². The minimum absolute atomic E-state index is 0.103. The van der Waals surface area contributed by atoms with E-state index in [1.807, 2.05) is 0 Å². The highest BCUT2D eigenvalue weighted by molar-refractivity contribution is 7.53. The van der Waals surface area contributed by atoms with Crippen LogP contribution in [-0.4, -0.2) is 20.1 Å². The molecule has 0 aliphatic carbocycles. The first kappa shape index (κ1) is 24.9. The van der Waals surface area contributed by atoms with Crippen molar-refractivity contribution in [2.75, 3.05) is 0 Å². The number of nitrogens with zero attached hydrogens (tertiary/aromatic N) is 1. The summed E-state index contributed by atoms with van der Waals surface area (Å²) in [7, 11) is -4.85. The minimum Gasteiger partial charge on any atom is -0.467 e. The van der Waals surface area contributed by atoms with Gasteiger partial charge in [-0.3, -0.25) is 14.7 Å². The minimum atomic E-state index is -4.85. The lowest BCUT2D eigenvalue weighted by Crippen LogP contribution is -2.34. The van der Waals surface area contributed by atoms with Gasteiger partial charge in [0.1, 0.15) is 11.5 Å². The maximum atomic E-state index is 12.8. The Morgan fingerprint density at radius 2 is 1.71 bits per heavy atom. The van der Waals surface area contributed by atoms with Crippen LogP contribution >= 0.6 is 19.2 Å². The number of hydrogen-bond donors (Lipinski definition) is 2. The maximum Gasteiger partial charge on any atom is 0.416 e. The standard InChI is InChI=1S/C18H18ClF3NO7P/c1-3-17(4-2,31(26,27)28)30-16-10-12(6-7-14(16)23(24)25)29-15-8-5-11(9-13(15)19)18(20,21)22/h5-10H,3-4H2,1-2H3,(H2,26,27,28). The molecule has 8 nitrogen and oxygen atoms in total. The molecule has 0 radical (unpaired) electrons. The van der Waals surface area contributed by atoms with E-state index in [1.165, 1.54) is 13.8 Å². The van der Waals surface area contributed by atoms with E-state index in [0.29, 0.717) is 6.07 Å². The molecule has 0 aliphatic rings. The van der Waals surface area contributed by atoms with Crippen molar-refractivity contribution in [3.8, 4) is 17.2 Å². The lowest BCUT2D eigenvalue weighted by Gasteiger charge is -2.32. The van der Waals surface area contributed by atoms with Crippen LogP contribution in [0.2, 0.25) is 5.02 Å². The molecule has 31 heavy (non-hydrogen) atoms. The summed E-state index contributed by atoms with van der Waals surface area (Å²) in [6, 6.07) is 5.53. The smallest absolute Gasteiger partial charge is 0.416 e. The molecule has 13 heteroatoms. The number of halogens is 4. The highest BCUT2D eigenvalue weighted by Gasteiger charge is 2.47. The fraction of sp³-hybridized carbons (Fsp3) is 0.333. The Hall–Kier alpha value is -2.33. The van der Waals surface area contributed by atoms with Crippen LogP contribution < -0.4 is 9.47 Å². The molecule has 0 aromatic heterocycles. The van der Waals surface area contributed by atoms with Crippen LogP contribution in [0, 0.1) is 10.1 Å². The first-order valence-electron chi connectivity index (χ1n) is 8.81. The van der Waals surface area contributed by atoms with Crippen LogP contribution in [-0.2, 0) is 10.7 Å². The number of ether oxygens (including phenoxy) is 2. The summed E-state index contributed by atoms with van der Waals surface area (Å²) < 4.78 is 61.2. The molecular weight excluding hydrogens is 466 g/mol. The summed E-state index contributed by atoms with van der Waals surface area (Å²) in [5, 5.41) is 8.98. The highest BCUT2D eigenvalue weighted by Crippen LogP contribution is 2.56. The maximum absolute atomic E-state index is 12.8. The van der Waals surface area contributed by atoms with Gasteiger partial charge in [0.05, 0.1) is 15.5 Å². The average Bonchev–Trinajstić information content (AvgIpc) is 2.65. The van der Waals surface area contributed by atoms with E-state index in [-0.39, 0.29) is 29.4 Å². The van der Waals surface area contributed by atoms with Gasteiger partial charge >= 0.3 is 19.5 Å². The molecule has 0 unspecified atom stereocenters. The molecule has 0 bridgehead atoms. The molecule has 0 saturated carbocycles. The fourth-order valence-corrected chi connectivity index (χ4v) is 4.01. The first-order chi connectivity index (χ1) is 14.2. The molecule has 0 heterocycles. The quantitative estimate of drug-likeness (QED) is 0.263. The van der Waals surface area contributed by atoms with Crippen molar-refractivity contribution in [3.05, 3.63) is 57.1 Å². The molecular formula is C18H18ClF3NO7P. The van der Waals surface area contributed by atoms with E-state index in [4.69, 9.17) is 21.1 Å². The summed E-state index contributed by atoms with van der Waals surface area (Å²) >= 11 is 5.85. The Morgan fingerprint density at radius 3 is 2.16 bits per heavy atom. The zero-order valence-corrected chi connectivity index (χ0v) is 17.9. The lowest BCUT2D eigenvalue weighted by molar-refractivity contribution is -0.386. The molecule has 2 aromatic rings. The van der Waals surface area contributed by atoms with Crippen molar-refractivity contribution in [1.82, 2.24) is 0 Å².